The van der Waals surface area contributed by atoms with E-state index in [1.807, 2.05) is 55.7 Å². The van der Waals surface area contributed by atoms with Crippen LogP contribution >= 0.6 is 0 Å². The van der Waals surface area contributed by atoms with Crippen molar-refractivity contribution in [3.8, 4) is 5.75 Å². The van der Waals surface area contributed by atoms with Crippen LogP contribution in [0.5, 0.6) is 5.75 Å². The molecular weight excluding hydrogens is 316 g/mol. The van der Waals surface area contributed by atoms with E-state index in [9.17, 15) is 4.79 Å². The third-order valence-corrected chi connectivity index (χ3v) is 4.39. The summed E-state index contributed by atoms with van der Waals surface area (Å²) in [5, 5.41) is 7.15. The van der Waals surface area contributed by atoms with E-state index >= 15 is 0 Å². The summed E-state index contributed by atoms with van der Waals surface area (Å²) in [6, 6.07) is 13.6. The van der Waals surface area contributed by atoms with Gasteiger partial charge in [0.1, 0.15) is 18.2 Å². The largest absolute Gasteiger partial charge is 0.487 e. The smallest absolute Gasteiger partial charge is 0.226 e. The molecule has 6 nitrogen and oxygen atoms in total. The van der Waals surface area contributed by atoms with E-state index in [1.165, 1.54) is 0 Å². The van der Waals surface area contributed by atoms with Gasteiger partial charge in [0.25, 0.3) is 0 Å². The number of nitrogens with one attached hydrogen (secondary N) is 1. The summed E-state index contributed by atoms with van der Waals surface area (Å²) in [7, 11) is 1.83. The number of nitrogens with zero attached hydrogens (tertiary/aromatic N) is 3. The molecule has 0 saturated carbocycles. The maximum atomic E-state index is 12.0. The molecule has 0 spiro atoms. The van der Waals surface area contributed by atoms with E-state index in [0.717, 1.165) is 28.4 Å². The number of aromatic nitrogens is 3. The van der Waals surface area contributed by atoms with Gasteiger partial charge < -0.3 is 10.1 Å². The summed E-state index contributed by atoms with van der Waals surface area (Å²) in [5.41, 5.74) is 3.01. The molecule has 1 aliphatic heterocycles. The third-order valence-electron chi connectivity index (χ3n) is 4.39. The van der Waals surface area contributed by atoms with Crippen LogP contribution in [0.4, 0.5) is 5.82 Å². The molecule has 1 atom stereocenters. The molecule has 3 heterocycles. The maximum Gasteiger partial charge on any atom is 0.226 e. The number of carbonyl (C=O) groups is 1. The molecule has 0 fully saturated rings. The number of hydrogen-bond acceptors (Lipinski definition) is 4. The maximum absolute atomic E-state index is 12.0. The lowest BCUT2D eigenvalue weighted by molar-refractivity contribution is -0.116. The minimum absolute atomic E-state index is 0.0107. The van der Waals surface area contributed by atoms with Gasteiger partial charge in [-0.2, -0.15) is 5.10 Å². The molecular formula is C19H18N4O2. The SMILES string of the molecule is Cn1ncc2c1NC(=O)C[C@H]2c1ccc(OCc2ccccn2)cc1. The van der Waals surface area contributed by atoms with Gasteiger partial charge in [-0.3, -0.25) is 14.5 Å². The van der Waals surface area contributed by atoms with Crippen LogP contribution in [-0.4, -0.2) is 20.7 Å². The summed E-state index contributed by atoms with van der Waals surface area (Å²) >= 11 is 0. The summed E-state index contributed by atoms with van der Waals surface area (Å²) in [4.78, 5) is 16.2. The molecule has 1 amide bonds. The van der Waals surface area contributed by atoms with Crippen molar-refractivity contribution < 1.29 is 9.53 Å². The van der Waals surface area contributed by atoms with Gasteiger partial charge >= 0.3 is 0 Å². The second-order valence-electron chi connectivity index (χ2n) is 6.06. The van der Waals surface area contributed by atoms with Crippen LogP contribution in [0.25, 0.3) is 0 Å². The molecule has 126 valence electrons. The fourth-order valence-electron chi connectivity index (χ4n) is 3.08. The number of hydrogen-bond donors (Lipinski definition) is 1. The average Bonchev–Trinajstić information content (AvgIpc) is 3.02. The minimum Gasteiger partial charge on any atom is -0.487 e. The van der Waals surface area contributed by atoms with Crippen molar-refractivity contribution in [1.82, 2.24) is 14.8 Å². The second-order valence-corrected chi connectivity index (χ2v) is 6.06. The average molecular weight is 334 g/mol. The fraction of sp³-hybridized carbons (Fsp3) is 0.211. The number of ether oxygens (including phenoxy) is 1. The number of benzene rings is 1. The number of pyridine rings is 1. The zero-order chi connectivity index (χ0) is 17.2. The first-order valence-corrected chi connectivity index (χ1v) is 8.15. The van der Waals surface area contributed by atoms with E-state index in [0.29, 0.717) is 13.0 Å². The van der Waals surface area contributed by atoms with Gasteiger partial charge in [0.05, 0.1) is 11.9 Å². The molecule has 0 bridgehead atoms. The van der Waals surface area contributed by atoms with Crippen LogP contribution in [0.3, 0.4) is 0 Å². The van der Waals surface area contributed by atoms with E-state index in [2.05, 4.69) is 15.4 Å². The number of anilines is 1. The summed E-state index contributed by atoms with van der Waals surface area (Å²) in [6.07, 6.45) is 4.00. The Morgan fingerprint density at radius 3 is 2.84 bits per heavy atom. The van der Waals surface area contributed by atoms with Crippen LogP contribution in [0.2, 0.25) is 0 Å². The molecule has 6 heteroatoms. The highest BCUT2D eigenvalue weighted by Crippen LogP contribution is 2.37. The summed E-state index contributed by atoms with van der Waals surface area (Å²) in [5.74, 6) is 1.58. The zero-order valence-electron chi connectivity index (χ0n) is 13.8. The van der Waals surface area contributed by atoms with Crippen LogP contribution in [0.15, 0.2) is 54.9 Å². The van der Waals surface area contributed by atoms with Crippen LogP contribution in [0.1, 0.15) is 29.2 Å². The van der Waals surface area contributed by atoms with Gasteiger partial charge in [-0.15, -0.1) is 0 Å². The Bertz CT molecular complexity index is 888. The summed E-state index contributed by atoms with van der Waals surface area (Å²) < 4.78 is 7.47. The van der Waals surface area contributed by atoms with Crippen molar-refractivity contribution in [1.29, 1.82) is 0 Å². The molecule has 0 saturated heterocycles. The lowest BCUT2D eigenvalue weighted by atomic mass is 9.87. The Balaban J connectivity index is 1.51. The summed E-state index contributed by atoms with van der Waals surface area (Å²) in [6.45, 7) is 0.429. The van der Waals surface area contributed by atoms with Crippen molar-refractivity contribution in [3.05, 3.63) is 71.7 Å². The molecule has 4 rings (SSSR count). The monoisotopic (exact) mass is 334 g/mol. The predicted molar refractivity (Wildman–Crippen MR) is 93.3 cm³/mol. The molecule has 1 N–H and O–H groups in total. The lowest BCUT2D eigenvalue weighted by Crippen LogP contribution is -2.24. The molecule has 0 aliphatic carbocycles. The molecule has 1 aromatic carbocycles. The Kier molecular flexibility index (Phi) is 3.93. The van der Waals surface area contributed by atoms with Gasteiger partial charge in [0.2, 0.25) is 5.91 Å². The number of amides is 1. The number of rotatable bonds is 4. The van der Waals surface area contributed by atoms with Gasteiger partial charge in [0.15, 0.2) is 0 Å². The normalized spacial score (nSPS) is 16.2. The van der Waals surface area contributed by atoms with E-state index in [-0.39, 0.29) is 11.8 Å². The van der Waals surface area contributed by atoms with Gasteiger partial charge in [-0.25, -0.2) is 0 Å². The first-order valence-electron chi connectivity index (χ1n) is 8.15. The second kappa shape index (κ2) is 6.39. The molecule has 2 aromatic heterocycles. The van der Waals surface area contributed by atoms with Crippen molar-refractivity contribution in [2.24, 2.45) is 7.05 Å². The molecule has 1 aliphatic rings. The van der Waals surface area contributed by atoms with Crippen LogP contribution in [-0.2, 0) is 18.4 Å². The number of carbonyl (C=O) groups excluding carboxylic acids is 1. The number of aryl methyl sites for hydroxylation is 1. The first-order chi connectivity index (χ1) is 12.2. The molecule has 0 radical (unpaired) electrons. The van der Waals surface area contributed by atoms with E-state index < -0.39 is 0 Å². The van der Waals surface area contributed by atoms with Gasteiger partial charge in [0, 0.05) is 31.1 Å². The Hall–Kier alpha value is -3.15. The van der Waals surface area contributed by atoms with E-state index in [4.69, 9.17) is 4.74 Å². The third kappa shape index (κ3) is 3.10. The lowest BCUT2D eigenvalue weighted by Gasteiger charge is -2.23. The number of fused-ring (bicyclic) bond motifs is 1. The molecule has 0 unspecified atom stereocenters. The highest BCUT2D eigenvalue weighted by atomic mass is 16.5. The fourth-order valence-corrected chi connectivity index (χ4v) is 3.08. The van der Waals surface area contributed by atoms with Crippen molar-refractivity contribution >= 4 is 11.7 Å². The highest BCUT2D eigenvalue weighted by molar-refractivity contribution is 5.94. The minimum atomic E-state index is 0.0107. The topological polar surface area (TPSA) is 69.0 Å². The van der Waals surface area contributed by atoms with Crippen LogP contribution < -0.4 is 10.1 Å². The standard InChI is InChI=1S/C19H18N4O2/c1-23-19-17(11-21-23)16(10-18(24)22-19)13-5-7-15(8-6-13)25-12-14-4-2-3-9-20-14/h2-9,11,16H,10,12H2,1H3,(H,22,24)/t16-/m0/s1. The van der Waals surface area contributed by atoms with Crippen molar-refractivity contribution in [3.63, 3.8) is 0 Å². The quantitative estimate of drug-likeness (QED) is 0.796. The predicted octanol–water partition coefficient (Wildman–Crippen LogP) is 2.87. The molecule has 25 heavy (non-hydrogen) atoms. The van der Waals surface area contributed by atoms with Crippen molar-refractivity contribution in [2.75, 3.05) is 5.32 Å². The van der Waals surface area contributed by atoms with Crippen molar-refractivity contribution in [2.45, 2.75) is 18.9 Å². The molecule has 3 aromatic rings. The first kappa shape index (κ1) is 15.4. The zero-order valence-corrected chi connectivity index (χ0v) is 13.8. The van der Waals surface area contributed by atoms with Gasteiger partial charge in [-0.1, -0.05) is 18.2 Å². The Labute approximate surface area is 145 Å². The Morgan fingerprint density at radius 2 is 2.08 bits per heavy atom. The highest BCUT2D eigenvalue weighted by Gasteiger charge is 2.29. The van der Waals surface area contributed by atoms with Gasteiger partial charge in [-0.05, 0) is 29.8 Å². The Morgan fingerprint density at radius 1 is 1.24 bits per heavy atom. The van der Waals surface area contributed by atoms with Crippen LogP contribution in [0, 0.1) is 0 Å². The van der Waals surface area contributed by atoms with E-state index in [1.54, 1.807) is 10.9 Å².